The van der Waals surface area contributed by atoms with E-state index in [1.54, 1.807) is 0 Å². The van der Waals surface area contributed by atoms with Crippen molar-refractivity contribution in [2.45, 2.75) is 31.9 Å². The number of hydrogen-bond acceptors (Lipinski definition) is 10. The summed E-state index contributed by atoms with van der Waals surface area (Å²) in [7, 11) is 1.51. The number of nitrogens with zero attached hydrogens (tertiary/aromatic N) is 3. The predicted octanol–water partition coefficient (Wildman–Crippen LogP) is 2.86. The number of methoxy groups -OCH3 is 1. The lowest BCUT2D eigenvalue weighted by atomic mass is 10.2. The summed E-state index contributed by atoms with van der Waals surface area (Å²) in [6, 6.07) is 5.03. The number of benzene rings is 1. The number of alkyl halides is 4. The molecule has 0 fully saturated rings. The quantitative estimate of drug-likeness (QED) is 0.116. The van der Waals surface area contributed by atoms with Crippen LogP contribution in [-0.2, 0) is 22.5 Å². The van der Waals surface area contributed by atoms with Crippen LogP contribution in [0.2, 0.25) is 0 Å². The molecule has 202 valence electrons. The Morgan fingerprint density at radius 2 is 2.05 bits per heavy atom. The minimum absolute atomic E-state index is 0.0661. The van der Waals surface area contributed by atoms with E-state index in [1.165, 1.54) is 19.2 Å². The molecule has 37 heavy (non-hydrogen) atoms. The van der Waals surface area contributed by atoms with Crippen LogP contribution in [0.15, 0.2) is 41.3 Å². The van der Waals surface area contributed by atoms with Gasteiger partial charge in [0.2, 0.25) is 5.01 Å². The number of aryl methyl sites for hydroxylation is 1. The minimum atomic E-state index is -4.84. The summed E-state index contributed by atoms with van der Waals surface area (Å²) in [5, 5.41) is 19.0. The molecule has 1 unspecified atom stereocenters. The number of carbonyl (C=O) groups excluding carboxylic acids is 2. The topological polar surface area (TPSA) is 151 Å². The third-order valence-corrected chi connectivity index (χ3v) is 5.42. The fourth-order valence-corrected chi connectivity index (χ4v) is 3.50. The monoisotopic (exact) mass is 547 g/mol. The van der Waals surface area contributed by atoms with Crippen molar-refractivity contribution < 1.29 is 36.6 Å². The Morgan fingerprint density at radius 3 is 2.76 bits per heavy atom. The standard InChI is InChI=1S/C21H25F4N7O4S/c1-35-8-7-28-19(34)20-32-31-17(37-20)6-5-14(22)11-27-12-16(30-26)18(33)29-10-13-3-2-4-15(9-13)36-21(23,24)25/h2-4,9,12,14,26-27H,5-8,10-11H2,1H3,(H,28,34)(H,29,33)/b16-12-,30-26?. The number of hydrogen-bond donors (Lipinski definition) is 4. The molecule has 1 aromatic carbocycles. The van der Waals surface area contributed by atoms with Gasteiger partial charge in [-0.25, -0.2) is 9.92 Å². The Balaban J connectivity index is 1.76. The lowest BCUT2D eigenvalue weighted by Crippen LogP contribution is -2.26. The van der Waals surface area contributed by atoms with Crippen LogP contribution in [0.3, 0.4) is 0 Å². The molecule has 0 saturated heterocycles. The molecule has 11 nitrogen and oxygen atoms in total. The first-order chi connectivity index (χ1) is 17.6. The number of aromatic nitrogens is 2. The largest absolute Gasteiger partial charge is 0.573 e. The van der Waals surface area contributed by atoms with Gasteiger partial charge in [-0.2, -0.15) is 5.11 Å². The van der Waals surface area contributed by atoms with E-state index < -0.39 is 30.1 Å². The van der Waals surface area contributed by atoms with Gasteiger partial charge in [0.15, 0.2) is 5.70 Å². The molecule has 0 bridgehead atoms. The molecule has 16 heteroatoms. The number of nitrogens with one attached hydrogen (secondary N) is 4. The minimum Gasteiger partial charge on any atom is -0.406 e. The van der Waals surface area contributed by atoms with E-state index in [0.717, 1.165) is 29.7 Å². The Labute approximate surface area is 213 Å². The number of halogens is 4. The normalized spacial score (nSPS) is 12.5. The van der Waals surface area contributed by atoms with Crippen molar-refractivity contribution in [1.29, 1.82) is 5.53 Å². The van der Waals surface area contributed by atoms with Crippen LogP contribution in [0.1, 0.15) is 26.8 Å². The second-order valence-electron chi connectivity index (χ2n) is 7.31. The molecule has 0 saturated carbocycles. The van der Waals surface area contributed by atoms with Gasteiger partial charge in [-0.15, -0.1) is 23.4 Å². The summed E-state index contributed by atoms with van der Waals surface area (Å²) in [5.74, 6) is -1.62. The van der Waals surface area contributed by atoms with Gasteiger partial charge >= 0.3 is 6.36 Å². The third kappa shape index (κ3) is 11.3. The molecule has 0 aliphatic carbocycles. The van der Waals surface area contributed by atoms with Gasteiger partial charge in [-0.05, 0) is 24.1 Å². The van der Waals surface area contributed by atoms with Crippen LogP contribution in [0.4, 0.5) is 17.6 Å². The highest BCUT2D eigenvalue weighted by Crippen LogP contribution is 2.23. The summed E-state index contributed by atoms with van der Waals surface area (Å²) in [6.45, 7) is 0.339. The highest BCUT2D eigenvalue weighted by Gasteiger charge is 2.31. The van der Waals surface area contributed by atoms with E-state index in [0.29, 0.717) is 23.7 Å². The zero-order chi connectivity index (χ0) is 27.3. The molecule has 4 N–H and O–H groups in total. The van der Waals surface area contributed by atoms with Gasteiger partial charge in [-0.3, -0.25) is 9.59 Å². The van der Waals surface area contributed by atoms with Crippen molar-refractivity contribution in [3.63, 3.8) is 0 Å². The average Bonchev–Trinajstić information content (AvgIpc) is 3.32. The van der Waals surface area contributed by atoms with E-state index in [1.807, 2.05) is 0 Å². The van der Waals surface area contributed by atoms with E-state index in [-0.39, 0.29) is 36.6 Å². The Kier molecular flexibility index (Phi) is 11.8. The van der Waals surface area contributed by atoms with Gasteiger partial charge in [0.25, 0.3) is 11.8 Å². The highest BCUT2D eigenvalue weighted by atomic mass is 32.1. The first-order valence-electron chi connectivity index (χ1n) is 10.8. The van der Waals surface area contributed by atoms with Gasteiger partial charge in [0.1, 0.15) is 16.9 Å². The second-order valence-corrected chi connectivity index (χ2v) is 8.38. The summed E-state index contributed by atoms with van der Waals surface area (Å²) in [6.07, 6.45) is -4.82. The van der Waals surface area contributed by atoms with Gasteiger partial charge in [-0.1, -0.05) is 23.5 Å². The molecule has 0 aliphatic heterocycles. The Morgan fingerprint density at radius 1 is 1.27 bits per heavy atom. The second kappa shape index (κ2) is 14.8. The lowest BCUT2D eigenvalue weighted by molar-refractivity contribution is -0.274. The summed E-state index contributed by atoms with van der Waals surface area (Å²) in [5.41, 5.74) is 7.10. The summed E-state index contributed by atoms with van der Waals surface area (Å²) in [4.78, 5) is 24.1. The molecular weight excluding hydrogens is 522 g/mol. The van der Waals surface area contributed by atoms with Crippen LogP contribution >= 0.6 is 11.3 Å². The Bertz CT molecular complexity index is 1080. The third-order valence-electron chi connectivity index (χ3n) is 4.44. The van der Waals surface area contributed by atoms with Crippen LogP contribution in [0.25, 0.3) is 0 Å². The highest BCUT2D eigenvalue weighted by molar-refractivity contribution is 7.13. The van der Waals surface area contributed by atoms with Crippen molar-refractivity contribution in [3.8, 4) is 5.75 Å². The lowest BCUT2D eigenvalue weighted by Gasteiger charge is -2.11. The van der Waals surface area contributed by atoms with Crippen LogP contribution in [-0.4, -0.2) is 61.4 Å². The smallest absolute Gasteiger partial charge is 0.406 e. The molecule has 0 spiro atoms. The summed E-state index contributed by atoms with van der Waals surface area (Å²) >= 11 is 1.05. The number of ether oxygens (including phenoxy) is 2. The maximum atomic E-state index is 14.2. The first kappa shape index (κ1) is 29.6. The zero-order valence-electron chi connectivity index (χ0n) is 19.6. The molecule has 1 aromatic heterocycles. The molecule has 1 atom stereocenters. The van der Waals surface area contributed by atoms with Crippen LogP contribution in [0, 0.1) is 5.53 Å². The molecule has 0 aliphatic rings. The maximum absolute atomic E-state index is 14.2. The van der Waals surface area contributed by atoms with Gasteiger partial charge < -0.3 is 25.4 Å². The SMILES string of the molecule is COCCNC(=O)c1nnc(CCC(F)CN/C=C(\N=N)C(=O)NCc2cccc(OC(F)(F)F)c2)s1. The van der Waals surface area contributed by atoms with Crippen molar-refractivity contribution in [1.82, 2.24) is 26.1 Å². The number of amides is 2. The Hall–Kier alpha value is -3.66. The van der Waals surface area contributed by atoms with Gasteiger partial charge in [0, 0.05) is 39.4 Å². The fourth-order valence-electron chi connectivity index (χ4n) is 2.73. The van der Waals surface area contributed by atoms with Crippen molar-refractivity contribution in [2.75, 3.05) is 26.8 Å². The van der Waals surface area contributed by atoms with Crippen LogP contribution in [0.5, 0.6) is 5.75 Å². The molecule has 2 rings (SSSR count). The molecule has 1 heterocycles. The van der Waals surface area contributed by atoms with E-state index >= 15 is 0 Å². The van der Waals surface area contributed by atoms with Crippen LogP contribution < -0.4 is 20.7 Å². The van der Waals surface area contributed by atoms with Gasteiger partial charge in [0.05, 0.1) is 6.61 Å². The fraction of sp³-hybridized carbons (Fsp3) is 0.429. The zero-order valence-corrected chi connectivity index (χ0v) is 20.4. The van der Waals surface area contributed by atoms with E-state index in [4.69, 9.17) is 10.3 Å². The van der Waals surface area contributed by atoms with Crippen molar-refractivity contribution >= 4 is 23.2 Å². The molecule has 2 aromatic rings. The van der Waals surface area contributed by atoms with Crippen molar-refractivity contribution in [2.24, 2.45) is 5.11 Å². The predicted molar refractivity (Wildman–Crippen MR) is 124 cm³/mol. The van der Waals surface area contributed by atoms with E-state index in [9.17, 15) is 27.2 Å². The van der Waals surface area contributed by atoms with Crippen molar-refractivity contribution in [3.05, 3.63) is 51.7 Å². The maximum Gasteiger partial charge on any atom is 0.573 e. The molecule has 2 amide bonds. The average molecular weight is 548 g/mol. The first-order valence-corrected chi connectivity index (χ1v) is 11.6. The summed E-state index contributed by atoms with van der Waals surface area (Å²) < 4.78 is 59.9. The molecular formula is C21H25F4N7O4S. The number of rotatable bonds is 15. The number of carbonyl (C=O) groups is 2. The molecule has 0 radical (unpaired) electrons. The van der Waals surface area contributed by atoms with E-state index in [2.05, 4.69) is 36.0 Å².